The lowest BCUT2D eigenvalue weighted by Crippen LogP contribution is -2.73. The minimum atomic E-state index is -2.21. The molecule has 4 aliphatic heterocycles. The minimum absolute atomic E-state index is 0.0725. The van der Waals surface area contributed by atoms with Gasteiger partial charge in [0.05, 0.1) is 5.60 Å². The number of hydrogen-bond donors (Lipinski definition) is 2. The molecular weight excluding hydrogens is 769 g/mol. The highest BCUT2D eigenvalue weighted by Gasteiger charge is 2.90. The standard InChI is InChI=1S/C52H84O9/c1-7-8-9-10-11-12-13-14-17-20-23-26-29-32-40(53)57-35-49-46(58-49)42-45-48(36(2)3)34-38(5)52(42)43-41(39(6)44(54)51(43,56)47(49)55)37(4)31-28-25-22-19-16-15-18-21-24-27-30-33-50(59-45,60-48)61-52/h30,33,37-39,41-43,45-47,55-56H,2,7-29,31-32,34-35H2,1,3-6H3/b33-30-/t37?,38-,39+,41+,42-,43-,45-,46+,47-,48+,49+,50-,51-,52-/m1/s1. The molecule has 0 amide bonds. The molecule has 9 heteroatoms. The molecule has 0 aromatic carbocycles. The summed E-state index contributed by atoms with van der Waals surface area (Å²) in [6.45, 7) is 14.8. The summed E-state index contributed by atoms with van der Waals surface area (Å²) < 4.78 is 34.3. The molecule has 6 fully saturated rings. The highest BCUT2D eigenvalue weighted by molar-refractivity contribution is 5.94. The molecule has 7 rings (SSSR count). The number of allylic oxidation sites excluding steroid dienone is 1. The van der Waals surface area contributed by atoms with Crippen LogP contribution in [0.2, 0.25) is 0 Å². The maximum absolute atomic E-state index is 15.0. The zero-order chi connectivity index (χ0) is 43.5. The van der Waals surface area contributed by atoms with Crippen molar-refractivity contribution in [1.29, 1.82) is 0 Å². The molecule has 9 nitrogen and oxygen atoms in total. The predicted molar refractivity (Wildman–Crippen MR) is 237 cm³/mol. The summed E-state index contributed by atoms with van der Waals surface area (Å²) >= 11 is 0. The molecule has 2 N–H and O–H groups in total. The highest BCUT2D eigenvalue weighted by Crippen LogP contribution is 2.74. The third-order valence-corrected chi connectivity index (χ3v) is 17.0. The summed E-state index contributed by atoms with van der Waals surface area (Å²) in [7, 11) is 0. The number of fused-ring (bicyclic) bond motifs is 1. The number of Topliss-reactive ketones (excluding diaryl/α,β-unsaturated/α-hetero) is 1. The second kappa shape index (κ2) is 19.9. The van der Waals surface area contributed by atoms with Gasteiger partial charge in [0.2, 0.25) is 0 Å². The molecule has 0 radical (unpaired) electrons. The molecule has 3 bridgehead atoms. The van der Waals surface area contributed by atoms with Gasteiger partial charge in [0.25, 0.3) is 0 Å². The van der Waals surface area contributed by atoms with Crippen LogP contribution in [0.5, 0.6) is 0 Å². The van der Waals surface area contributed by atoms with Crippen molar-refractivity contribution in [3.05, 3.63) is 24.3 Å². The maximum atomic E-state index is 15.0. The van der Waals surface area contributed by atoms with E-state index in [1.807, 2.05) is 19.9 Å². The molecule has 3 saturated carbocycles. The minimum Gasteiger partial charge on any atom is -0.462 e. The van der Waals surface area contributed by atoms with E-state index in [-0.39, 0.29) is 42.5 Å². The smallest absolute Gasteiger partial charge is 0.306 e. The lowest BCUT2D eigenvalue weighted by Gasteiger charge is -2.61. The number of esters is 1. The number of aliphatic hydroxyl groups excluding tert-OH is 1. The lowest BCUT2D eigenvalue weighted by molar-refractivity contribution is -0.412. The van der Waals surface area contributed by atoms with Gasteiger partial charge in [-0.1, -0.05) is 175 Å². The largest absolute Gasteiger partial charge is 0.462 e. The molecule has 61 heavy (non-hydrogen) atoms. The zero-order valence-corrected chi connectivity index (χ0v) is 38.9. The fraction of sp³-hybridized carbons (Fsp3) is 0.885. The van der Waals surface area contributed by atoms with Crippen molar-refractivity contribution in [2.75, 3.05) is 6.61 Å². The Morgan fingerprint density at radius 3 is 2.03 bits per heavy atom. The van der Waals surface area contributed by atoms with E-state index in [0.29, 0.717) is 6.42 Å². The molecule has 1 unspecified atom stereocenters. The van der Waals surface area contributed by atoms with Crippen LogP contribution in [0.3, 0.4) is 0 Å². The Kier molecular flexibility index (Phi) is 15.4. The molecule has 4 heterocycles. The summed E-state index contributed by atoms with van der Waals surface area (Å²) in [6, 6.07) is 0. The first-order chi connectivity index (χ1) is 29.3. The number of carbonyl (C=O) groups is 2. The van der Waals surface area contributed by atoms with Crippen LogP contribution in [0.4, 0.5) is 0 Å². The van der Waals surface area contributed by atoms with Gasteiger partial charge in [0.1, 0.15) is 30.5 Å². The topological polar surface area (TPSA) is 124 Å². The Morgan fingerprint density at radius 2 is 1.41 bits per heavy atom. The van der Waals surface area contributed by atoms with Crippen molar-refractivity contribution >= 4 is 11.8 Å². The molecule has 14 atom stereocenters. The Labute approximate surface area is 368 Å². The second-order valence-electron chi connectivity index (χ2n) is 21.2. The predicted octanol–water partition coefficient (Wildman–Crippen LogP) is 11.0. The Balaban J connectivity index is 1.11. The molecule has 346 valence electrons. The fourth-order valence-electron chi connectivity index (χ4n) is 13.7. The molecule has 7 aliphatic rings. The van der Waals surface area contributed by atoms with Crippen molar-refractivity contribution in [2.45, 2.75) is 248 Å². The van der Waals surface area contributed by atoms with Crippen molar-refractivity contribution < 1.29 is 43.5 Å². The van der Waals surface area contributed by atoms with Gasteiger partial charge in [-0.2, -0.15) is 0 Å². The first-order valence-electron chi connectivity index (χ1n) is 25.5. The van der Waals surface area contributed by atoms with Crippen LogP contribution in [0, 0.1) is 35.5 Å². The third kappa shape index (κ3) is 8.78. The number of carbonyl (C=O) groups excluding carboxylic acids is 2. The average molecular weight is 853 g/mol. The van der Waals surface area contributed by atoms with Crippen LogP contribution in [0.15, 0.2) is 24.3 Å². The van der Waals surface area contributed by atoms with Crippen LogP contribution < -0.4 is 0 Å². The van der Waals surface area contributed by atoms with Gasteiger partial charge in [-0.25, -0.2) is 0 Å². The monoisotopic (exact) mass is 853 g/mol. The van der Waals surface area contributed by atoms with E-state index in [2.05, 4.69) is 33.4 Å². The summed E-state index contributed by atoms with van der Waals surface area (Å²) in [4.78, 5) is 28.4. The number of hydrogen-bond acceptors (Lipinski definition) is 9. The fourth-order valence-corrected chi connectivity index (χ4v) is 13.7. The summed E-state index contributed by atoms with van der Waals surface area (Å²) in [5, 5.41) is 26.2. The second-order valence-corrected chi connectivity index (χ2v) is 21.2. The van der Waals surface area contributed by atoms with E-state index >= 15 is 0 Å². The maximum Gasteiger partial charge on any atom is 0.306 e. The lowest BCUT2D eigenvalue weighted by atomic mass is 9.52. The van der Waals surface area contributed by atoms with Gasteiger partial charge in [-0.05, 0) is 55.9 Å². The van der Waals surface area contributed by atoms with E-state index in [1.165, 1.54) is 103 Å². The van der Waals surface area contributed by atoms with E-state index < -0.39 is 64.4 Å². The van der Waals surface area contributed by atoms with Crippen molar-refractivity contribution in [3.8, 4) is 0 Å². The van der Waals surface area contributed by atoms with E-state index in [4.69, 9.17) is 23.7 Å². The number of epoxide rings is 1. The van der Waals surface area contributed by atoms with Gasteiger partial charge in [0, 0.05) is 30.3 Å². The van der Waals surface area contributed by atoms with Crippen LogP contribution in [-0.4, -0.2) is 75.3 Å². The van der Waals surface area contributed by atoms with Crippen molar-refractivity contribution in [3.63, 3.8) is 0 Å². The van der Waals surface area contributed by atoms with Crippen molar-refractivity contribution in [1.82, 2.24) is 0 Å². The summed E-state index contributed by atoms with van der Waals surface area (Å²) in [5.74, 6) is -4.55. The summed E-state index contributed by atoms with van der Waals surface area (Å²) in [6.07, 6.45) is 30.2. The quantitative estimate of drug-likeness (QED) is 0.0637. The number of aliphatic hydroxyl groups is 2. The first kappa shape index (κ1) is 47.3. The molecule has 2 spiro atoms. The average Bonchev–Trinajstić information content (AvgIpc) is 3.87. The van der Waals surface area contributed by atoms with Gasteiger partial charge >= 0.3 is 11.9 Å². The SMILES string of the molecule is C=C(C)[C@@]12C[C@@H](C)[C@@]34O[C@@]5(/C=C\CCCCCCCCCCCC(C)[C@H]6[C@H](C)C(=O)[C@@](O)([C@H](O)[C@@]7(COC(=O)CCCCCCCCCCCCCCC)O[C@H]7[C@H]3[C@H]1O5)[C@@H]64)O2. The number of rotatable bonds is 17. The normalized spacial score (nSPS) is 43.7. The highest BCUT2D eigenvalue weighted by atomic mass is 16.9. The van der Waals surface area contributed by atoms with E-state index in [9.17, 15) is 19.8 Å². The zero-order valence-electron chi connectivity index (χ0n) is 38.9. The summed E-state index contributed by atoms with van der Waals surface area (Å²) in [5.41, 5.74) is -4.97. The number of ether oxygens (including phenoxy) is 5. The van der Waals surface area contributed by atoms with Crippen LogP contribution >= 0.6 is 0 Å². The van der Waals surface area contributed by atoms with E-state index in [0.717, 1.165) is 56.9 Å². The van der Waals surface area contributed by atoms with Gasteiger partial charge in [-0.3, -0.25) is 9.59 Å². The first-order valence-corrected chi connectivity index (χ1v) is 25.5. The van der Waals surface area contributed by atoms with Gasteiger partial charge < -0.3 is 33.9 Å². The van der Waals surface area contributed by atoms with Crippen LogP contribution in [0.25, 0.3) is 0 Å². The van der Waals surface area contributed by atoms with Gasteiger partial charge in [-0.15, -0.1) is 0 Å². The number of ketones is 1. The van der Waals surface area contributed by atoms with E-state index in [1.54, 1.807) is 0 Å². The van der Waals surface area contributed by atoms with Crippen LogP contribution in [0.1, 0.15) is 202 Å². The third-order valence-electron chi connectivity index (χ3n) is 17.0. The Bertz CT molecular complexity index is 1550. The van der Waals surface area contributed by atoms with Gasteiger partial charge in [0.15, 0.2) is 17.0 Å². The molecule has 0 aromatic heterocycles. The van der Waals surface area contributed by atoms with Crippen molar-refractivity contribution in [2.24, 2.45) is 35.5 Å². The molecule has 0 aromatic rings. The Hall–Kier alpha value is -1.62. The molecular formula is C52H84O9. The molecule has 3 aliphatic carbocycles. The Morgan fingerprint density at radius 1 is 0.820 bits per heavy atom. The number of unbranched alkanes of at least 4 members (excludes halogenated alkanes) is 12. The molecule has 3 saturated heterocycles. The van der Waals surface area contributed by atoms with Crippen LogP contribution in [-0.2, 0) is 33.3 Å².